The fourth-order valence-electron chi connectivity index (χ4n) is 6.20. The summed E-state index contributed by atoms with van der Waals surface area (Å²) in [5.74, 6) is -0.893. The van der Waals surface area contributed by atoms with Gasteiger partial charge in [0.05, 0.1) is 6.61 Å². The van der Waals surface area contributed by atoms with Gasteiger partial charge in [-0.15, -0.1) is 0 Å². The number of phosphoric ester groups is 1. The van der Waals surface area contributed by atoms with Crippen LogP contribution in [0.5, 0.6) is 0 Å². The number of hydrogen-bond donors (Lipinski definition) is 1. The molecule has 0 rings (SSSR count). The van der Waals surface area contributed by atoms with E-state index in [4.69, 9.17) is 14.0 Å². The van der Waals surface area contributed by atoms with Gasteiger partial charge in [0.1, 0.15) is 6.61 Å². The molecule has 9 heteroatoms. The maximum atomic E-state index is 12.4. The fourth-order valence-corrected chi connectivity index (χ4v) is 6.66. The largest absolute Gasteiger partial charge is 0.472 e. The third kappa shape index (κ3) is 41.5. The third-order valence-corrected chi connectivity index (χ3v) is 10.5. The number of hydrogen-bond acceptors (Lipinski definition) is 7. The monoisotopic (exact) mass is 795 g/mol. The van der Waals surface area contributed by atoms with Gasteiger partial charge in [-0.3, -0.25) is 18.6 Å². The van der Waals surface area contributed by atoms with Crippen LogP contribution < -0.4 is 0 Å². The Morgan fingerprint density at radius 1 is 0.527 bits per heavy atom. The Labute approximate surface area is 338 Å². The predicted octanol–water partition coefficient (Wildman–Crippen LogP) is 14.2. The molecular formula is C46H83O8P. The zero-order valence-electron chi connectivity index (χ0n) is 35.6. The smallest absolute Gasteiger partial charge is 0.462 e. The van der Waals surface area contributed by atoms with Crippen molar-refractivity contribution in [3.63, 3.8) is 0 Å². The molecule has 0 aliphatic carbocycles. The lowest BCUT2D eigenvalue weighted by atomic mass is 10.0. The maximum Gasteiger partial charge on any atom is 0.472 e. The molecule has 0 spiro atoms. The van der Waals surface area contributed by atoms with Crippen LogP contribution in [0.3, 0.4) is 0 Å². The Balaban J connectivity index is 3.93. The normalized spacial score (nSPS) is 13.7. The van der Waals surface area contributed by atoms with E-state index in [1.54, 1.807) is 0 Å². The van der Waals surface area contributed by atoms with Crippen molar-refractivity contribution >= 4 is 19.8 Å². The molecular weight excluding hydrogens is 711 g/mol. The van der Waals surface area contributed by atoms with Gasteiger partial charge in [0.25, 0.3) is 0 Å². The lowest BCUT2D eigenvalue weighted by molar-refractivity contribution is -0.161. The van der Waals surface area contributed by atoms with Crippen molar-refractivity contribution in [1.82, 2.24) is 0 Å². The van der Waals surface area contributed by atoms with Gasteiger partial charge in [0.2, 0.25) is 0 Å². The molecule has 0 aromatic rings. The van der Waals surface area contributed by atoms with Crippen molar-refractivity contribution in [3.05, 3.63) is 48.6 Å². The molecule has 320 valence electrons. The highest BCUT2D eigenvalue weighted by atomic mass is 31.2. The number of carbonyl (C=O) groups is 2. The van der Waals surface area contributed by atoms with Crippen LogP contribution in [0.1, 0.15) is 206 Å². The Hall–Kier alpha value is -1.99. The summed E-state index contributed by atoms with van der Waals surface area (Å²) in [5, 5.41) is 0. The topological polar surface area (TPSA) is 108 Å². The zero-order valence-corrected chi connectivity index (χ0v) is 36.5. The molecule has 0 aromatic carbocycles. The van der Waals surface area contributed by atoms with Crippen LogP contribution in [0.4, 0.5) is 0 Å². The number of allylic oxidation sites excluding steroid dienone is 8. The molecule has 8 nitrogen and oxygen atoms in total. The molecule has 2 atom stereocenters. The average Bonchev–Trinajstić information content (AvgIpc) is 3.18. The molecule has 0 fully saturated rings. The van der Waals surface area contributed by atoms with Gasteiger partial charge in [-0.25, -0.2) is 4.57 Å². The minimum atomic E-state index is -4.28. The first-order valence-electron chi connectivity index (χ1n) is 22.3. The quantitative estimate of drug-likeness (QED) is 0.0282. The van der Waals surface area contributed by atoms with Crippen LogP contribution >= 0.6 is 7.82 Å². The van der Waals surface area contributed by atoms with E-state index in [9.17, 15) is 19.0 Å². The molecule has 0 radical (unpaired) electrons. The van der Waals surface area contributed by atoms with Crippen molar-refractivity contribution in [2.75, 3.05) is 20.3 Å². The lowest BCUT2D eigenvalue weighted by Crippen LogP contribution is -2.29. The third-order valence-electron chi connectivity index (χ3n) is 9.60. The standard InChI is InChI=1S/C46H83O8P/c1-4-6-8-10-12-14-16-18-19-20-21-22-23-24-25-26-27-29-30-32-34-36-38-40-45(47)52-42-44(43-53-55(49,50)51-3)54-46(48)41-39-37-35-33-31-28-17-15-13-11-9-7-5-2/h7,9,13,15,28,31,35,37,44H,4-6,8,10-12,14,16-27,29-30,32-34,36,38-43H2,1-3H3,(H,49,50)/b9-7-,15-13-,31-28-,37-35-. The minimum Gasteiger partial charge on any atom is -0.462 e. The van der Waals surface area contributed by atoms with Crippen LogP contribution in [0.2, 0.25) is 0 Å². The summed E-state index contributed by atoms with van der Waals surface area (Å²) in [7, 11) is -3.23. The highest BCUT2D eigenvalue weighted by molar-refractivity contribution is 7.47. The second-order valence-electron chi connectivity index (χ2n) is 14.8. The predicted molar refractivity (Wildman–Crippen MR) is 230 cm³/mol. The number of ether oxygens (including phenoxy) is 2. The van der Waals surface area contributed by atoms with Crippen LogP contribution in [0, 0.1) is 0 Å². The number of rotatable bonds is 41. The van der Waals surface area contributed by atoms with E-state index < -0.39 is 26.5 Å². The SMILES string of the molecule is CC/C=C\C/C=C\C/C=C\C/C=C\CCC(=O)OC(COC(=O)CCCCCCCCCCCCCCCCCCCCCCCCC)COP(=O)(O)OC. The molecule has 0 aliphatic rings. The highest BCUT2D eigenvalue weighted by Gasteiger charge is 2.24. The molecule has 0 heterocycles. The Morgan fingerprint density at radius 2 is 0.927 bits per heavy atom. The van der Waals surface area contributed by atoms with Crippen LogP contribution in [0.15, 0.2) is 48.6 Å². The fraction of sp³-hybridized carbons (Fsp3) is 0.783. The van der Waals surface area contributed by atoms with E-state index in [0.717, 1.165) is 52.1 Å². The van der Waals surface area contributed by atoms with Gasteiger partial charge in [-0.2, -0.15) is 0 Å². The van der Waals surface area contributed by atoms with Crippen LogP contribution in [-0.2, 0) is 32.7 Å². The molecule has 0 amide bonds. The first kappa shape index (κ1) is 53.0. The number of unbranched alkanes of at least 4 members (excludes halogenated alkanes) is 22. The Kier molecular flexibility index (Phi) is 40.1. The van der Waals surface area contributed by atoms with E-state index in [-0.39, 0.29) is 25.4 Å². The summed E-state index contributed by atoms with van der Waals surface area (Å²) in [4.78, 5) is 34.4. The van der Waals surface area contributed by atoms with E-state index in [1.165, 1.54) is 128 Å². The van der Waals surface area contributed by atoms with E-state index in [2.05, 4.69) is 54.8 Å². The van der Waals surface area contributed by atoms with E-state index in [0.29, 0.717) is 6.42 Å². The van der Waals surface area contributed by atoms with Gasteiger partial charge in [0.15, 0.2) is 6.10 Å². The van der Waals surface area contributed by atoms with Crippen LogP contribution in [-0.4, -0.2) is 43.3 Å². The average molecular weight is 795 g/mol. The van der Waals surface area contributed by atoms with Gasteiger partial charge >= 0.3 is 19.8 Å². The molecule has 0 saturated carbocycles. The van der Waals surface area contributed by atoms with E-state index >= 15 is 0 Å². The van der Waals surface area contributed by atoms with Crippen LogP contribution in [0.25, 0.3) is 0 Å². The van der Waals surface area contributed by atoms with Gasteiger partial charge < -0.3 is 14.4 Å². The van der Waals surface area contributed by atoms with Crippen molar-refractivity contribution in [1.29, 1.82) is 0 Å². The van der Waals surface area contributed by atoms with Crippen molar-refractivity contribution in [2.24, 2.45) is 0 Å². The van der Waals surface area contributed by atoms with Gasteiger partial charge in [-0.05, 0) is 38.5 Å². The second-order valence-corrected chi connectivity index (χ2v) is 16.4. The van der Waals surface area contributed by atoms with Gasteiger partial charge in [0, 0.05) is 20.0 Å². The summed E-state index contributed by atoms with van der Waals surface area (Å²) >= 11 is 0. The first-order chi connectivity index (χ1) is 26.8. The molecule has 0 bridgehead atoms. The van der Waals surface area contributed by atoms with Gasteiger partial charge in [-0.1, -0.05) is 204 Å². The maximum absolute atomic E-state index is 12.4. The molecule has 1 N–H and O–H groups in total. The first-order valence-corrected chi connectivity index (χ1v) is 23.8. The molecule has 2 unspecified atom stereocenters. The zero-order chi connectivity index (χ0) is 40.3. The molecule has 0 saturated heterocycles. The molecule has 0 aliphatic heterocycles. The molecule has 55 heavy (non-hydrogen) atoms. The summed E-state index contributed by atoms with van der Waals surface area (Å²) in [5.41, 5.74) is 0. The summed E-state index contributed by atoms with van der Waals surface area (Å²) in [6, 6.07) is 0. The second kappa shape index (κ2) is 41.6. The Morgan fingerprint density at radius 3 is 1.35 bits per heavy atom. The minimum absolute atomic E-state index is 0.124. The summed E-state index contributed by atoms with van der Waals surface area (Å²) < 4.78 is 31.9. The highest BCUT2D eigenvalue weighted by Crippen LogP contribution is 2.42. The number of esters is 2. The summed E-state index contributed by atoms with van der Waals surface area (Å²) in [6.07, 6.45) is 50.6. The lowest BCUT2D eigenvalue weighted by Gasteiger charge is -2.19. The van der Waals surface area contributed by atoms with Crippen molar-refractivity contribution < 1.29 is 37.6 Å². The van der Waals surface area contributed by atoms with E-state index in [1.807, 2.05) is 12.2 Å². The van der Waals surface area contributed by atoms with Crippen molar-refractivity contribution in [3.8, 4) is 0 Å². The number of carbonyl (C=O) groups excluding carboxylic acids is 2. The summed E-state index contributed by atoms with van der Waals surface area (Å²) in [6.45, 7) is 3.73. The number of phosphoric acid groups is 1. The molecule has 0 aromatic heterocycles. The van der Waals surface area contributed by atoms with Crippen molar-refractivity contribution in [2.45, 2.75) is 213 Å². The Bertz CT molecular complexity index is 1040.